The third-order valence-corrected chi connectivity index (χ3v) is 8.76. The minimum Gasteiger partial charge on any atom is -0.368 e. The SMILES string of the molecule is C[C@@H]1CCN([C@H](Cc2cccc3ccccc23)C(N)=O)C(=O)[C@H](c2cccc(Cl)c2)N1C(=O)CNC(=O)CN1CCNCC1. The summed E-state index contributed by atoms with van der Waals surface area (Å²) in [6.07, 6.45) is 0.650. The summed E-state index contributed by atoms with van der Waals surface area (Å²) in [5.41, 5.74) is 7.40. The minimum absolute atomic E-state index is 0.198. The molecule has 0 aliphatic carbocycles. The summed E-state index contributed by atoms with van der Waals surface area (Å²) < 4.78 is 0. The van der Waals surface area contributed by atoms with Crippen molar-refractivity contribution in [3.8, 4) is 0 Å². The number of rotatable bonds is 9. The molecule has 2 aliphatic heterocycles. The van der Waals surface area contributed by atoms with Crippen molar-refractivity contribution >= 4 is 46.0 Å². The fourth-order valence-electron chi connectivity index (χ4n) is 6.22. The first-order chi connectivity index (χ1) is 21.2. The quantitative estimate of drug-likeness (QED) is 0.337. The average Bonchev–Trinajstić information content (AvgIpc) is 3.14. The van der Waals surface area contributed by atoms with Gasteiger partial charge in [0.1, 0.15) is 12.1 Å². The third kappa shape index (κ3) is 7.20. The number of primary amides is 1. The Labute approximate surface area is 262 Å². The van der Waals surface area contributed by atoms with Crippen molar-refractivity contribution < 1.29 is 19.2 Å². The van der Waals surface area contributed by atoms with Gasteiger partial charge in [0.25, 0.3) is 5.91 Å². The van der Waals surface area contributed by atoms with E-state index in [0.29, 0.717) is 17.0 Å². The lowest BCUT2D eigenvalue weighted by atomic mass is 9.96. The van der Waals surface area contributed by atoms with Gasteiger partial charge in [-0.2, -0.15) is 0 Å². The van der Waals surface area contributed by atoms with Gasteiger partial charge in [0.05, 0.1) is 13.1 Å². The number of nitrogens with two attached hydrogens (primary N) is 1. The van der Waals surface area contributed by atoms with E-state index >= 15 is 0 Å². The maximum atomic E-state index is 14.5. The van der Waals surface area contributed by atoms with E-state index in [-0.39, 0.29) is 38.0 Å². The summed E-state index contributed by atoms with van der Waals surface area (Å²) in [6, 6.07) is 18.2. The normalized spacial score (nSPS) is 20.3. The number of piperazine rings is 1. The highest BCUT2D eigenvalue weighted by molar-refractivity contribution is 6.30. The van der Waals surface area contributed by atoms with Crippen molar-refractivity contribution in [2.24, 2.45) is 5.73 Å². The van der Waals surface area contributed by atoms with Crippen LogP contribution in [0.5, 0.6) is 0 Å². The van der Waals surface area contributed by atoms with Crippen LogP contribution < -0.4 is 16.4 Å². The zero-order valence-corrected chi connectivity index (χ0v) is 25.6. The highest BCUT2D eigenvalue weighted by Crippen LogP contribution is 2.33. The van der Waals surface area contributed by atoms with Crippen molar-refractivity contribution in [3.63, 3.8) is 0 Å². The number of hydrogen-bond donors (Lipinski definition) is 3. The van der Waals surface area contributed by atoms with Crippen molar-refractivity contribution in [2.75, 3.05) is 45.8 Å². The largest absolute Gasteiger partial charge is 0.368 e. The maximum Gasteiger partial charge on any atom is 0.250 e. The van der Waals surface area contributed by atoms with Crippen molar-refractivity contribution in [1.29, 1.82) is 0 Å². The Balaban J connectivity index is 1.42. The molecule has 232 valence electrons. The summed E-state index contributed by atoms with van der Waals surface area (Å²) in [6.45, 7) is 5.18. The third-order valence-electron chi connectivity index (χ3n) is 8.52. The number of amides is 4. The molecular formula is C33H39ClN6O4. The van der Waals surface area contributed by atoms with Gasteiger partial charge in [-0.05, 0) is 47.4 Å². The molecule has 5 rings (SSSR count). The average molecular weight is 619 g/mol. The van der Waals surface area contributed by atoms with E-state index in [1.165, 1.54) is 9.80 Å². The summed E-state index contributed by atoms with van der Waals surface area (Å²) in [5, 5.41) is 8.42. The van der Waals surface area contributed by atoms with Crippen LogP contribution in [0.2, 0.25) is 5.02 Å². The van der Waals surface area contributed by atoms with Crippen LogP contribution in [0.25, 0.3) is 10.8 Å². The summed E-state index contributed by atoms with van der Waals surface area (Å²) in [4.78, 5) is 59.1. The first kappa shape index (κ1) is 31.4. The molecule has 2 saturated heterocycles. The molecular weight excluding hydrogens is 580 g/mol. The number of hydrogen-bond acceptors (Lipinski definition) is 6. The summed E-state index contributed by atoms with van der Waals surface area (Å²) in [7, 11) is 0. The van der Waals surface area contributed by atoms with Crippen molar-refractivity contribution in [2.45, 2.75) is 37.9 Å². The molecule has 3 atom stereocenters. The molecule has 0 radical (unpaired) electrons. The van der Waals surface area contributed by atoms with Crippen LogP contribution in [-0.2, 0) is 25.6 Å². The van der Waals surface area contributed by atoms with Gasteiger partial charge in [-0.1, -0.05) is 66.2 Å². The minimum atomic E-state index is -1.06. The van der Waals surface area contributed by atoms with Gasteiger partial charge in [-0.25, -0.2) is 0 Å². The van der Waals surface area contributed by atoms with Crippen LogP contribution in [0.1, 0.15) is 30.5 Å². The zero-order valence-electron chi connectivity index (χ0n) is 24.9. The van der Waals surface area contributed by atoms with E-state index in [4.69, 9.17) is 17.3 Å². The zero-order chi connectivity index (χ0) is 31.2. The van der Waals surface area contributed by atoms with Gasteiger partial charge in [0, 0.05) is 50.2 Å². The number of halogens is 1. The topological polar surface area (TPSA) is 128 Å². The Bertz CT molecular complexity index is 1520. The molecule has 2 heterocycles. The predicted molar refractivity (Wildman–Crippen MR) is 170 cm³/mol. The van der Waals surface area contributed by atoms with E-state index < -0.39 is 29.8 Å². The predicted octanol–water partition coefficient (Wildman–Crippen LogP) is 2.10. The highest BCUT2D eigenvalue weighted by Gasteiger charge is 2.43. The molecule has 2 aliphatic rings. The van der Waals surface area contributed by atoms with Gasteiger partial charge in [0.15, 0.2) is 0 Å². The first-order valence-corrected chi connectivity index (χ1v) is 15.4. The second-order valence-electron chi connectivity index (χ2n) is 11.5. The number of nitrogens with zero attached hydrogens (tertiary/aromatic N) is 3. The van der Waals surface area contributed by atoms with Gasteiger partial charge >= 0.3 is 0 Å². The number of nitrogens with one attached hydrogen (secondary N) is 2. The fourth-order valence-corrected chi connectivity index (χ4v) is 6.42. The molecule has 11 heteroatoms. The lowest BCUT2D eigenvalue weighted by Crippen LogP contribution is -2.53. The molecule has 10 nitrogen and oxygen atoms in total. The standard InChI is InChI=1S/C33H39ClN6O4/c1-22-12-15-39(28(32(35)43)19-24-8-4-7-23-6-2-3-11-27(23)24)33(44)31(25-9-5-10-26(34)18-25)40(22)30(42)20-37-29(41)21-38-16-13-36-14-17-38/h2-11,18,22,28,31,36H,12-17,19-21H2,1H3,(H2,35,43)(H,37,41)/t22-,28-,31+/m1/s1. The number of carbonyl (C=O) groups is 4. The van der Waals surface area contributed by atoms with Crippen LogP contribution in [0.15, 0.2) is 66.7 Å². The maximum absolute atomic E-state index is 14.5. The van der Waals surface area contributed by atoms with Crippen LogP contribution >= 0.6 is 11.6 Å². The van der Waals surface area contributed by atoms with Crippen molar-refractivity contribution in [1.82, 2.24) is 25.3 Å². The molecule has 3 aromatic carbocycles. The molecule has 0 unspecified atom stereocenters. The Morgan fingerprint density at radius 1 is 1.02 bits per heavy atom. The second-order valence-corrected chi connectivity index (χ2v) is 11.9. The molecule has 0 bridgehead atoms. The Hall–Kier alpha value is -3.99. The molecule has 2 fully saturated rings. The first-order valence-electron chi connectivity index (χ1n) is 15.1. The van der Waals surface area contributed by atoms with E-state index in [0.717, 1.165) is 42.5 Å². The molecule has 0 aromatic heterocycles. The number of fused-ring (bicyclic) bond motifs is 1. The molecule has 0 spiro atoms. The molecule has 4 amide bonds. The summed E-state index contributed by atoms with van der Waals surface area (Å²) in [5.74, 6) is -1.68. The monoisotopic (exact) mass is 618 g/mol. The van der Waals surface area contributed by atoms with Crippen LogP contribution in [-0.4, -0.2) is 96.2 Å². The molecule has 0 saturated carbocycles. The van der Waals surface area contributed by atoms with E-state index in [1.54, 1.807) is 24.3 Å². The van der Waals surface area contributed by atoms with Crippen molar-refractivity contribution in [3.05, 3.63) is 82.9 Å². The Morgan fingerprint density at radius 3 is 2.50 bits per heavy atom. The fraction of sp³-hybridized carbons (Fsp3) is 0.394. The Morgan fingerprint density at radius 2 is 1.75 bits per heavy atom. The second kappa shape index (κ2) is 14.2. The molecule has 4 N–H and O–H groups in total. The van der Waals surface area contributed by atoms with Crippen LogP contribution in [0.4, 0.5) is 0 Å². The van der Waals surface area contributed by atoms with Gasteiger partial charge in [-0.15, -0.1) is 0 Å². The summed E-state index contributed by atoms with van der Waals surface area (Å²) >= 11 is 6.36. The van der Waals surface area contributed by atoms with E-state index in [2.05, 4.69) is 10.6 Å². The van der Waals surface area contributed by atoms with Gasteiger partial charge in [-0.3, -0.25) is 24.1 Å². The number of carbonyl (C=O) groups excluding carboxylic acids is 4. The lowest BCUT2D eigenvalue weighted by Gasteiger charge is -2.36. The highest BCUT2D eigenvalue weighted by atomic mass is 35.5. The smallest absolute Gasteiger partial charge is 0.250 e. The van der Waals surface area contributed by atoms with Crippen LogP contribution in [0, 0.1) is 0 Å². The Kier molecular flexibility index (Phi) is 10.1. The van der Waals surface area contributed by atoms with Gasteiger partial charge in [0.2, 0.25) is 17.7 Å². The van der Waals surface area contributed by atoms with E-state index in [9.17, 15) is 19.2 Å². The van der Waals surface area contributed by atoms with Crippen LogP contribution in [0.3, 0.4) is 0 Å². The molecule has 3 aromatic rings. The van der Waals surface area contributed by atoms with E-state index in [1.807, 2.05) is 54.3 Å². The lowest BCUT2D eigenvalue weighted by molar-refractivity contribution is -0.148. The number of benzene rings is 3. The van der Waals surface area contributed by atoms with Gasteiger partial charge < -0.3 is 26.2 Å². The molecule has 44 heavy (non-hydrogen) atoms.